The molecule has 19 heavy (non-hydrogen) atoms. The average Bonchev–Trinajstić information content (AvgIpc) is 2.38. The highest BCUT2D eigenvalue weighted by Gasteiger charge is 2.24. The summed E-state index contributed by atoms with van der Waals surface area (Å²) in [6.07, 6.45) is 0.300. The van der Waals surface area contributed by atoms with Crippen molar-refractivity contribution in [2.24, 2.45) is 0 Å². The standard InChI is InChI=1S/C13H12N4O2/c14-11-4-2-8-1-3-9(7-10(8)15-11)17-6-5-12(18)16-13(17)19/h1-4,7H,5-6H2,(H2,14,15)(H,16,18,19). The molecule has 0 radical (unpaired) electrons. The van der Waals surface area contributed by atoms with Gasteiger partial charge in [0.1, 0.15) is 5.82 Å². The lowest BCUT2D eigenvalue weighted by molar-refractivity contribution is -0.120. The second-order valence-electron chi connectivity index (χ2n) is 4.37. The highest BCUT2D eigenvalue weighted by molar-refractivity contribution is 6.06. The molecule has 3 N–H and O–H groups in total. The van der Waals surface area contributed by atoms with E-state index in [0.717, 1.165) is 10.9 Å². The number of carbonyl (C=O) groups excluding carboxylic acids is 2. The van der Waals surface area contributed by atoms with Crippen LogP contribution in [-0.2, 0) is 4.79 Å². The number of anilines is 2. The summed E-state index contributed by atoms with van der Waals surface area (Å²) in [7, 11) is 0. The fourth-order valence-corrected chi connectivity index (χ4v) is 2.10. The number of nitrogen functional groups attached to an aromatic ring is 1. The third kappa shape index (κ3) is 2.08. The van der Waals surface area contributed by atoms with E-state index < -0.39 is 6.03 Å². The Morgan fingerprint density at radius 3 is 2.79 bits per heavy atom. The zero-order chi connectivity index (χ0) is 13.4. The van der Waals surface area contributed by atoms with Crippen LogP contribution >= 0.6 is 0 Å². The SMILES string of the molecule is Nc1ccc2ccc(N3CCC(=O)NC3=O)cc2n1. The zero-order valence-corrected chi connectivity index (χ0v) is 10.1. The van der Waals surface area contributed by atoms with E-state index in [9.17, 15) is 9.59 Å². The smallest absolute Gasteiger partial charge is 0.328 e. The third-order valence-corrected chi connectivity index (χ3v) is 3.06. The number of hydrogen-bond acceptors (Lipinski definition) is 4. The van der Waals surface area contributed by atoms with Crippen molar-refractivity contribution in [1.82, 2.24) is 10.3 Å². The number of benzene rings is 1. The molecule has 0 atom stereocenters. The minimum Gasteiger partial charge on any atom is -0.384 e. The normalized spacial score (nSPS) is 15.7. The Morgan fingerprint density at radius 1 is 1.21 bits per heavy atom. The first-order valence-corrected chi connectivity index (χ1v) is 5.91. The van der Waals surface area contributed by atoms with Gasteiger partial charge in [-0.25, -0.2) is 9.78 Å². The molecule has 6 nitrogen and oxygen atoms in total. The number of hydrogen-bond donors (Lipinski definition) is 2. The molecule has 3 rings (SSSR count). The highest BCUT2D eigenvalue weighted by atomic mass is 16.2. The lowest BCUT2D eigenvalue weighted by atomic mass is 10.1. The molecule has 6 heteroatoms. The molecular formula is C13H12N4O2. The van der Waals surface area contributed by atoms with E-state index in [2.05, 4.69) is 10.3 Å². The van der Waals surface area contributed by atoms with Gasteiger partial charge in [0.05, 0.1) is 5.52 Å². The van der Waals surface area contributed by atoms with E-state index in [-0.39, 0.29) is 5.91 Å². The lowest BCUT2D eigenvalue weighted by Gasteiger charge is -2.26. The summed E-state index contributed by atoms with van der Waals surface area (Å²) in [6.45, 7) is 0.374. The second kappa shape index (κ2) is 4.24. The van der Waals surface area contributed by atoms with Crippen molar-refractivity contribution in [1.29, 1.82) is 0 Å². The first-order valence-electron chi connectivity index (χ1n) is 5.91. The number of imide groups is 1. The van der Waals surface area contributed by atoms with E-state index in [1.54, 1.807) is 12.1 Å². The van der Waals surface area contributed by atoms with Crippen LogP contribution < -0.4 is 16.0 Å². The molecule has 0 bridgehead atoms. The predicted molar refractivity (Wildman–Crippen MR) is 71.7 cm³/mol. The topological polar surface area (TPSA) is 88.3 Å². The number of nitrogens with zero attached hydrogens (tertiary/aromatic N) is 2. The molecule has 2 aromatic rings. The number of carbonyl (C=O) groups is 2. The number of fused-ring (bicyclic) bond motifs is 1. The summed E-state index contributed by atoms with van der Waals surface area (Å²) in [5.74, 6) is 0.187. The van der Waals surface area contributed by atoms with Gasteiger partial charge in [-0.2, -0.15) is 0 Å². The van der Waals surface area contributed by atoms with Crippen LogP contribution in [0.25, 0.3) is 10.9 Å². The van der Waals surface area contributed by atoms with E-state index in [1.807, 2.05) is 18.2 Å². The number of amides is 3. The molecule has 3 amide bonds. The number of rotatable bonds is 1. The molecule has 1 aromatic carbocycles. The van der Waals surface area contributed by atoms with Crippen LogP contribution in [0.15, 0.2) is 30.3 Å². The highest BCUT2D eigenvalue weighted by Crippen LogP contribution is 2.23. The Bertz CT molecular complexity index is 683. The molecule has 1 saturated heterocycles. The second-order valence-corrected chi connectivity index (χ2v) is 4.37. The molecule has 1 aliphatic rings. The van der Waals surface area contributed by atoms with Crippen molar-refractivity contribution in [2.45, 2.75) is 6.42 Å². The van der Waals surface area contributed by atoms with Crippen LogP contribution in [0.5, 0.6) is 0 Å². The van der Waals surface area contributed by atoms with Crippen LogP contribution in [0.4, 0.5) is 16.3 Å². The van der Waals surface area contributed by atoms with Crippen LogP contribution in [0, 0.1) is 0 Å². The van der Waals surface area contributed by atoms with Gasteiger partial charge in [0.25, 0.3) is 0 Å². The summed E-state index contributed by atoms with van der Waals surface area (Å²) in [5.41, 5.74) is 7.08. The number of urea groups is 1. The first-order chi connectivity index (χ1) is 9.13. The Labute approximate surface area is 109 Å². The molecule has 2 heterocycles. The molecular weight excluding hydrogens is 244 g/mol. The van der Waals surface area contributed by atoms with Gasteiger partial charge in [-0.15, -0.1) is 0 Å². The van der Waals surface area contributed by atoms with E-state index in [4.69, 9.17) is 5.73 Å². The average molecular weight is 256 g/mol. The van der Waals surface area contributed by atoms with Crippen LogP contribution in [0.2, 0.25) is 0 Å². The van der Waals surface area contributed by atoms with Gasteiger partial charge in [-0.05, 0) is 24.3 Å². The number of nitrogens with two attached hydrogens (primary N) is 1. The molecule has 1 aliphatic heterocycles. The zero-order valence-electron chi connectivity index (χ0n) is 10.1. The summed E-state index contributed by atoms with van der Waals surface area (Å²) in [6, 6.07) is 8.70. The molecule has 0 spiro atoms. The Kier molecular flexibility index (Phi) is 2.56. The first kappa shape index (κ1) is 11.5. The van der Waals surface area contributed by atoms with Crippen molar-refractivity contribution < 1.29 is 9.59 Å². The van der Waals surface area contributed by atoms with E-state index >= 15 is 0 Å². The number of pyridine rings is 1. The van der Waals surface area contributed by atoms with Crippen molar-refractivity contribution in [3.63, 3.8) is 0 Å². The van der Waals surface area contributed by atoms with Crippen LogP contribution in [0.1, 0.15) is 6.42 Å². The molecule has 0 aliphatic carbocycles. The van der Waals surface area contributed by atoms with Gasteiger partial charge in [-0.3, -0.25) is 15.0 Å². The van der Waals surface area contributed by atoms with E-state index in [1.165, 1.54) is 4.90 Å². The molecule has 0 unspecified atom stereocenters. The number of aromatic nitrogens is 1. The van der Waals surface area contributed by atoms with Gasteiger partial charge in [0.2, 0.25) is 5.91 Å². The molecule has 1 aromatic heterocycles. The summed E-state index contributed by atoms with van der Waals surface area (Å²) in [5, 5.41) is 3.24. The maximum atomic E-state index is 11.8. The molecule has 0 saturated carbocycles. The monoisotopic (exact) mass is 256 g/mol. The largest absolute Gasteiger partial charge is 0.384 e. The summed E-state index contributed by atoms with van der Waals surface area (Å²) >= 11 is 0. The third-order valence-electron chi connectivity index (χ3n) is 3.06. The van der Waals surface area contributed by atoms with Gasteiger partial charge < -0.3 is 5.73 Å². The maximum Gasteiger partial charge on any atom is 0.328 e. The molecule has 96 valence electrons. The Morgan fingerprint density at radius 2 is 2.00 bits per heavy atom. The van der Waals surface area contributed by atoms with Crippen LogP contribution in [-0.4, -0.2) is 23.5 Å². The summed E-state index contributed by atoms with van der Waals surface area (Å²) < 4.78 is 0. The van der Waals surface area contributed by atoms with Gasteiger partial charge in [0, 0.05) is 24.0 Å². The van der Waals surface area contributed by atoms with Crippen molar-refractivity contribution in [3.8, 4) is 0 Å². The maximum absolute atomic E-state index is 11.8. The van der Waals surface area contributed by atoms with Crippen molar-refractivity contribution in [2.75, 3.05) is 17.2 Å². The minimum atomic E-state index is -0.403. The summed E-state index contributed by atoms with van der Waals surface area (Å²) in [4.78, 5) is 28.6. The van der Waals surface area contributed by atoms with Crippen LogP contribution in [0.3, 0.4) is 0 Å². The fraction of sp³-hybridized carbons (Fsp3) is 0.154. The van der Waals surface area contributed by atoms with Gasteiger partial charge in [-0.1, -0.05) is 6.07 Å². The minimum absolute atomic E-state index is 0.246. The Balaban J connectivity index is 2.01. The van der Waals surface area contributed by atoms with Crippen molar-refractivity contribution >= 4 is 34.3 Å². The predicted octanol–water partition coefficient (Wildman–Crippen LogP) is 1.26. The number of nitrogens with one attached hydrogen (secondary N) is 1. The quantitative estimate of drug-likeness (QED) is 0.804. The van der Waals surface area contributed by atoms with Crippen molar-refractivity contribution in [3.05, 3.63) is 30.3 Å². The lowest BCUT2D eigenvalue weighted by Crippen LogP contribution is -2.49. The molecule has 1 fully saturated rings. The fourth-order valence-electron chi connectivity index (χ4n) is 2.10. The van der Waals surface area contributed by atoms with Gasteiger partial charge in [0.15, 0.2) is 0 Å². The van der Waals surface area contributed by atoms with E-state index in [0.29, 0.717) is 24.5 Å². The van der Waals surface area contributed by atoms with Gasteiger partial charge >= 0.3 is 6.03 Å². The Hall–Kier alpha value is -2.63.